The third-order valence-corrected chi connectivity index (χ3v) is 3.59. The highest BCUT2D eigenvalue weighted by molar-refractivity contribution is 7.17. The van der Waals surface area contributed by atoms with Crippen LogP contribution < -0.4 is 0 Å². The topological polar surface area (TPSA) is 37.3 Å². The second-order valence-corrected chi connectivity index (χ2v) is 4.60. The van der Waals surface area contributed by atoms with Gasteiger partial charge in [0, 0.05) is 4.88 Å². The monoisotopic (exact) mass is 232 g/mol. The molecule has 0 fully saturated rings. The van der Waals surface area contributed by atoms with Gasteiger partial charge < -0.3 is 5.11 Å². The van der Waals surface area contributed by atoms with Gasteiger partial charge in [-0.15, -0.1) is 11.3 Å². The molecule has 1 N–H and O–H groups in total. The summed E-state index contributed by atoms with van der Waals surface area (Å²) in [5, 5.41) is 8.84. The summed E-state index contributed by atoms with van der Waals surface area (Å²) in [7, 11) is 0. The Morgan fingerprint density at radius 3 is 2.38 bits per heavy atom. The number of thiophene rings is 1. The van der Waals surface area contributed by atoms with Crippen molar-refractivity contribution >= 4 is 17.3 Å². The second-order valence-electron chi connectivity index (χ2n) is 3.52. The van der Waals surface area contributed by atoms with Gasteiger partial charge in [-0.2, -0.15) is 0 Å². The Balaban J connectivity index is 2.31. The lowest BCUT2D eigenvalue weighted by atomic mass is 10.1. The minimum atomic E-state index is -0.860. The van der Waals surface area contributed by atoms with E-state index in [4.69, 9.17) is 5.11 Å². The number of aryl methyl sites for hydroxylation is 1. The number of hydrogen-bond acceptors (Lipinski definition) is 2. The molecule has 1 aromatic carbocycles. The number of rotatable bonds is 3. The molecule has 0 aliphatic heterocycles. The molecule has 2 rings (SSSR count). The summed E-state index contributed by atoms with van der Waals surface area (Å²) in [5.41, 5.74) is 2.37. The maximum atomic E-state index is 10.8. The molecule has 0 saturated heterocycles. The van der Waals surface area contributed by atoms with Crippen LogP contribution in [0.3, 0.4) is 0 Å². The van der Waals surface area contributed by atoms with E-state index in [1.165, 1.54) is 16.9 Å². The highest BCUT2D eigenvalue weighted by Crippen LogP contribution is 2.28. The molecule has 0 amide bonds. The smallest absolute Gasteiger partial charge is 0.345 e. The van der Waals surface area contributed by atoms with E-state index in [2.05, 4.69) is 19.1 Å². The number of carboxylic acids is 1. The van der Waals surface area contributed by atoms with Crippen molar-refractivity contribution in [2.75, 3.05) is 0 Å². The van der Waals surface area contributed by atoms with E-state index < -0.39 is 5.97 Å². The zero-order valence-corrected chi connectivity index (χ0v) is 9.75. The SMILES string of the molecule is CCc1ccc(-c2ccc(C(=O)O)s2)cc1. The largest absolute Gasteiger partial charge is 0.477 e. The first-order chi connectivity index (χ1) is 7.70. The van der Waals surface area contributed by atoms with Crippen molar-refractivity contribution in [3.63, 3.8) is 0 Å². The van der Waals surface area contributed by atoms with Crippen LogP contribution in [0.15, 0.2) is 36.4 Å². The van der Waals surface area contributed by atoms with E-state index in [0.717, 1.165) is 16.9 Å². The minimum absolute atomic E-state index is 0.384. The summed E-state index contributed by atoms with van der Waals surface area (Å²) in [6.07, 6.45) is 1.02. The Bertz CT molecular complexity index is 497. The number of carbonyl (C=O) groups is 1. The fourth-order valence-corrected chi connectivity index (χ4v) is 2.36. The van der Waals surface area contributed by atoms with Crippen LogP contribution in [0.4, 0.5) is 0 Å². The molecular formula is C13H12O2S. The number of carboxylic acid groups (broad SMARTS) is 1. The van der Waals surface area contributed by atoms with E-state index >= 15 is 0 Å². The first-order valence-electron chi connectivity index (χ1n) is 5.13. The third kappa shape index (κ3) is 2.14. The summed E-state index contributed by atoms with van der Waals surface area (Å²) in [5.74, 6) is -0.860. The van der Waals surface area contributed by atoms with Gasteiger partial charge in [0.1, 0.15) is 4.88 Å². The first kappa shape index (κ1) is 10.9. The predicted molar refractivity (Wildman–Crippen MR) is 66.1 cm³/mol. The van der Waals surface area contributed by atoms with Crippen LogP contribution in [0.1, 0.15) is 22.2 Å². The molecule has 0 radical (unpaired) electrons. The van der Waals surface area contributed by atoms with Crippen LogP contribution in [0.5, 0.6) is 0 Å². The van der Waals surface area contributed by atoms with Gasteiger partial charge in [-0.1, -0.05) is 31.2 Å². The molecule has 3 heteroatoms. The molecule has 0 saturated carbocycles. The molecule has 1 aromatic heterocycles. The Labute approximate surface area is 98.2 Å². The fourth-order valence-electron chi connectivity index (χ4n) is 1.51. The van der Waals surface area contributed by atoms with Gasteiger partial charge in [-0.25, -0.2) is 4.79 Å². The zero-order valence-electron chi connectivity index (χ0n) is 8.93. The van der Waals surface area contributed by atoms with Gasteiger partial charge in [-0.05, 0) is 29.7 Å². The standard InChI is InChI=1S/C13H12O2S/c1-2-9-3-5-10(6-4-9)11-7-8-12(16-11)13(14)15/h3-8H,2H2,1H3,(H,14,15). The van der Waals surface area contributed by atoms with Crippen molar-refractivity contribution in [2.24, 2.45) is 0 Å². The first-order valence-corrected chi connectivity index (χ1v) is 5.95. The zero-order chi connectivity index (χ0) is 11.5. The second kappa shape index (κ2) is 4.49. The maximum Gasteiger partial charge on any atom is 0.345 e. The Morgan fingerprint density at radius 2 is 1.88 bits per heavy atom. The molecule has 0 atom stereocenters. The van der Waals surface area contributed by atoms with Gasteiger partial charge >= 0.3 is 5.97 Å². The van der Waals surface area contributed by atoms with Gasteiger partial charge in [0.2, 0.25) is 0 Å². The van der Waals surface area contributed by atoms with Crippen LogP contribution in [-0.2, 0) is 6.42 Å². The van der Waals surface area contributed by atoms with Crippen LogP contribution >= 0.6 is 11.3 Å². The van der Waals surface area contributed by atoms with E-state index in [1.807, 2.05) is 18.2 Å². The summed E-state index contributed by atoms with van der Waals surface area (Å²) in [6, 6.07) is 11.7. The number of benzene rings is 1. The molecule has 82 valence electrons. The quantitative estimate of drug-likeness (QED) is 0.876. The van der Waals surface area contributed by atoms with Crippen molar-refractivity contribution in [2.45, 2.75) is 13.3 Å². The molecule has 2 nitrogen and oxygen atoms in total. The van der Waals surface area contributed by atoms with E-state index in [9.17, 15) is 4.79 Å². The average Bonchev–Trinajstić information content (AvgIpc) is 2.78. The molecular weight excluding hydrogens is 220 g/mol. The Morgan fingerprint density at radius 1 is 1.19 bits per heavy atom. The number of hydrogen-bond donors (Lipinski definition) is 1. The van der Waals surface area contributed by atoms with Crippen LogP contribution in [0, 0.1) is 0 Å². The summed E-state index contributed by atoms with van der Waals surface area (Å²) < 4.78 is 0. The summed E-state index contributed by atoms with van der Waals surface area (Å²) >= 11 is 1.31. The molecule has 1 heterocycles. The fraction of sp³-hybridized carbons (Fsp3) is 0.154. The van der Waals surface area contributed by atoms with E-state index in [1.54, 1.807) is 6.07 Å². The van der Waals surface area contributed by atoms with Crippen molar-refractivity contribution in [1.29, 1.82) is 0 Å². The van der Waals surface area contributed by atoms with Crippen LogP contribution in [0.2, 0.25) is 0 Å². The Kier molecular flexibility index (Phi) is 3.06. The summed E-state index contributed by atoms with van der Waals surface area (Å²) in [6.45, 7) is 2.11. The van der Waals surface area contributed by atoms with Crippen molar-refractivity contribution in [3.8, 4) is 10.4 Å². The van der Waals surface area contributed by atoms with E-state index in [0.29, 0.717) is 4.88 Å². The lowest BCUT2D eigenvalue weighted by Gasteiger charge is -1.99. The lowest BCUT2D eigenvalue weighted by Crippen LogP contribution is -1.89. The van der Waals surface area contributed by atoms with Crippen molar-refractivity contribution in [3.05, 3.63) is 46.8 Å². The molecule has 0 aliphatic rings. The molecule has 2 aromatic rings. The maximum absolute atomic E-state index is 10.8. The lowest BCUT2D eigenvalue weighted by molar-refractivity contribution is 0.0702. The Hall–Kier alpha value is -1.61. The minimum Gasteiger partial charge on any atom is -0.477 e. The van der Waals surface area contributed by atoms with E-state index in [-0.39, 0.29) is 0 Å². The number of aromatic carboxylic acids is 1. The highest BCUT2D eigenvalue weighted by atomic mass is 32.1. The molecule has 0 unspecified atom stereocenters. The summed E-state index contributed by atoms with van der Waals surface area (Å²) in [4.78, 5) is 12.1. The van der Waals surface area contributed by atoms with Crippen LogP contribution in [-0.4, -0.2) is 11.1 Å². The highest BCUT2D eigenvalue weighted by Gasteiger charge is 2.07. The molecule has 0 spiro atoms. The van der Waals surface area contributed by atoms with Gasteiger partial charge in [0.15, 0.2) is 0 Å². The molecule has 0 bridgehead atoms. The van der Waals surface area contributed by atoms with Gasteiger partial charge in [0.05, 0.1) is 0 Å². The molecule has 0 aliphatic carbocycles. The van der Waals surface area contributed by atoms with Crippen molar-refractivity contribution in [1.82, 2.24) is 0 Å². The average molecular weight is 232 g/mol. The predicted octanol–water partition coefficient (Wildman–Crippen LogP) is 3.68. The molecule has 16 heavy (non-hydrogen) atoms. The van der Waals surface area contributed by atoms with Gasteiger partial charge in [-0.3, -0.25) is 0 Å². The van der Waals surface area contributed by atoms with Gasteiger partial charge in [0.25, 0.3) is 0 Å². The van der Waals surface area contributed by atoms with Crippen molar-refractivity contribution < 1.29 is 9.90 Å². The third-order valence-electron chi connectivity index (χ3n) is 2.46. The van der Waals surface area contributed by atoms with Crippen LogP contribution in [0.25, 0.3) is 10.4 Å². The normalized spacial score (nSPS) is 10.3.